The van der Waals surface area contributed by atoms with Gasteiger partial charge >= 0.3 is 6.03 Å². The number of urea groups is 1. The molecule has 3 aromatic carbocycles. The van der Waals surface area contributed by atoms with Gasteiger partial charge in [-0.1, -0.05) is 57.2 Å². The second-order valence-electron chi connectivity index (χ2n) is 10.6. The molecule has 1 N–H and O–H groups in total. The lowest BCUT2D eigenvalue weighted by Gasteiger charge is -2.34. The molecule has 0 saturated heterocycles. The summed E-state index contributed by atoms with van der Waals surface area (Å²) in [7, 11) is 0. The third kappa shape index (κ3) is 5.35. The Balaban J connectivity index is 1.92. The van der Waals surface area contributed by atoms with Crippen LogP contribution in [-0.4, -0.2) is 27.0 Å². The van der Waals surface area contributed by atoms with Crippen LogP contribution in [0.1, 0.15) is 61.3 Å². The number of fused-ring (bicyclic) bond motifs is 1. The molecular weight excluding hydrogens is 472 g/mol. The first kappa shape index (κ1) is 27.1. The SMILES string of the molecule is CCC(c1nc2ccccc2c(=O)n1-c1ccc(C)c(C)c1)N(CC(C)C)C(=O)Nc1c(C)cccc1C. The molecule has 1 heterocycles. The first-order chi connectivity index (χ1) is 18.1. The van der Waals surface area contributed by atoms with E-state index in [0.29, 0.717) is 29.7 Å². The predicted molar refractivity (Wildman–Crippen MR) is 156 cm³/mol. The summed E-state index contributed by atoms with van der Waals surface area (Å²) in [5.41, 5.74) is 6.33. The van der Waals surface area contributed by atoms with E-state index in [1.165, 1.54) is 0 Å². The van der Waals surface area contributed by atoms with Crippen molar-refractivity contribution in [1.29, 1.82) is 0 Å². The van der Waals surface area contributed by atoms with Crippen LogP contribution in [0.5, 0.6) is 0 Å². The number of rotatable bonds is 7. The minimum atomic E-state index is -0.416. The van der Waals surface area contributed by atoms with Crippen LogP contribution in [0.2, 0.25) is 0 Å². The van der Waals surface area contributed by atoms with Gasteiger partial charge in [0, 0.05) is 12.2 Å². The maximum absolute atomic E-state index is 14.0. The van der Waals surface area contributed by atoms with Gasteiger partial charge in [0.2, 0.25) is 0 Å². The van der Waals surface area contributed by atoms with Crippen LogP contribution in [-0.2, 0) is 0 Å². The largest absolute Gasteiger partial charge is 0.322 e. The summed E-state index contributed by atoms with van der Waals surface area (Å²) < 4.78 is 1.70. The van der Waals surface area contributed by atoms with Crippen LogP contribution in [0.25, 0.3) is 16.6 Å². The van der Waals surface area contributed by atoms with Crippen molar-refractivity contribution in [3.63, 3.8) is 0 Å². The molecule has 6 nitrogen and oxygen atoms in total. The molecule has 0 aliphatic heterocycles. The molecule has 1 atom stereocenters. The minimum Gasteiger partial charge on any atom is -0.314 e. The number of nitrogens with one attached hydrogen (secondary N) is 1. The van der Waals surface area contributed by atoms with Gasteiger partial charge in [-0.15, -0.1) is 0 Å². The number of benzene rings is 3. The summed E-state index contributed by atoms with van der Waals surface area (Å²) in [6, 6.07) is 18.8. The summed E-state index contributed by atoms with van der Waals surface area (Å²) in [6.45, 7) is 14.8. The summed E-state index contributed by atoms with van der Waals surface area (Å²) in [6.07, 6.45) is 0.600. The molecule has 1 aromatic heterocycles. The lowest BCUT2D eigenvalue weighted by atomic mass is 10.1. The number of carbonyl (C=O) groups is 1. The van der Waals surface area contributed by atoms with Crippen molar-refractivity contribution in [2.75, 3.05) is 11.9 Å². The molecule has 38 heavy (non-hydrogen) atoms. The van der Waals surface area contributed by atoms with E-state index in [2.05, 4.69) is 26.1 Å². The fourth-order valence-corrected chi connectivity index (χ4v) is 4.97. The highest BCUT2D eigenvalue weighted by molar-refractivity contribution is 5.91. The molecule has 2 amide bonds. The van der Waals surface area contributed by atoms with Crippen molar-refractivity contribution in [3.8, 4) is 5.69 Å². The second-order valence-corrected chi connectivity index (χ2v) is 10.6. The van der Waals surface area contributed by atoms with E-state index < -0.39 is 6.04 Å². The number of anilines is 1. The zero-order chi connectivity index (χ0) is 27.6. The number of aromatic nitrogens is 2. The number of nitrogens with zero attached hydrogens (tertiary/aromatic N) is 3. The fraction of sp³-hybridized carbons (Fsp3) is 0.344. The minimum absolute atomic E-state index is 0.132. The molecule has 0 bridgehead atoms. The van der Waals surface area contributed by atoms with E-state index in [1.54, 1.807) is 4.57 Å². The van der Waals surface area contributed by atoms with Crippen LogP contribution in [0.4, 0.5) is 10.5 Å². The Morgan fingerprint density at radius 3 is 2.24 bits per heavy atom. The van der Waals surface area contributed by atoms with Crippen molar-refractivity contribution >= 4 is 22.6 Å². The quantitative estimate of drug-likeness (QED) is 0.284. The second kappa shape index (κ2) is 11.2. The molecule has 1 unspecified atom stereocenters. The molecule has 0 saturated carbocycles. The van der Waals surface area contributed by atoms with E-state index in [0.717, 1.165) is 33.6 Å². The van der Waals surface area contributed by atoms with E-state index in [4.69, 9.17) is 4.98 Å². The smallest absolute Gasteiger partial charge is 0.314 e. The zero-order valence-electron chi connectivity index (χ0n) is 23.5. The summed E-state index contributed by atoms with van der Waals surface area (Å²) in [4.78, 5) is 34.8. The summed E-state index contributed by atoms with van der Waals surface area (Å²) >= 11 is 0. The molecule has 4 aromatic rings. The van der Waals surface area contributed by atoms with E-state index in [1.807, 2.05) is 93.3 Å². The van der Waals surface area contributed by atoms with Crippen molar-refractivity contribution in [2.45, 2.75) is 60.9 Å². The highest BCUT2D eigenvalue weighted by Gasteiger charge is 2.30. The van der Waals surface area contributed by atoms with Crippen LogP contribution in [0, 0.1) is 33.6 Å². The highest BCUT2D eigenvalue weighted by atomic mass is 16.2. The number of amides is 2. The monoisotopic (exact) mass is 510 g/mol. The predicted octanol–water partition coefficient (Wildman–Crippen LogP) is 7.26. The Morgan fingerprint density at radius 2 is 1.61 bits per heavy atom. The fourth-order valence-electron chi connectivity index (χ4n) is 4.97. The average molecular weight is 511 g/mol. The average Bonchev–Trinajstić information content (AvgIpc) is 2.88. The van der Waals surface area contributed by atoms with Gasteiger partial charge in [-0.25, -0.2) is 9.78 Å². The number of hydrogen-bond donors (Lipinski definition) is 1. The number of aryl methyl sites for hydroxylation is 4. The normalized spacial score (nSPS) is 12.1. The maximum atomic E-state index is 14.0. The van der Waals surface area contributed by atoms with Gasteiger partial charge in [-0.2, -0.15) is 0 Å². The Morgan fingerprint density at radius 1 is 0.921 bits per heavy atom. The van der Waals surface area contributed by atoms with Crippen LogP contribution in [0.3, 0.4) is 0 Å². The summed E-state index contributed by atoms with van der Waals surface area (Å²) in [5.74, 6) is 0.784. The molecule has 0 aliphatic carbocycles. The van der Waals surface area contributed by atoms with Crippen LogP contribution < -0.4 is 10.9 Å². The zero-order valence-corrected chi connectivity index (χ0v) is 23.5. The lowest BCUT2D eigenvalue weighted by molar-refractivity contribution is 0.171. The van der Waals surface area contributed by atoms with Gasteiger partial charge in [-0.3, -0.25) is 9.36 Å². The van der Waals surface area contributed by atoms with Crippen molar-refractivity contribution in [2.24, 2.45) is 5.92 Å². The molecular formula is C32H38N4O2. The van der Waals surface area contributed by atoms with Gasteiger partial charge in [0.05, 0.1) is 22.6 Å². The first-order valence-corrected chi connectivity index (χ1v) is 13.4. The molecule has 198 valence electrons. The van der Waals surface area contributed by atoms with Crippen molar-refractivity contribution < 1.29 is 4.79 Å². The Kier molecular flexibility index (Phi) is 8.00. The Hall–Kier alpha value is -3.93. The Bertz CT molecular complexity index is 1520. The van der Waals surface area contributed by atoms with Crippen LogP contribution in [0.15, 0.2) is 65.5 Å². The Labute approximate surface area is 225 Å². The van der Waals surface area contributed by atoms with Crippen LogP contribution >= 0.6 is 0 Å². The standard InChI is InChI=1S/C32H38N4O2/c1-8-28(35(19-20(2)3)32(38)34-29-22(5)12-11-13-23(29)6)30-33-27-15-10-9-14-26(27)31(37)36(30)25-17-16-21(4)24(7)18-25/h9-18,20,28H,8,19H2,1-7H3,(H,34,38). The van der Waals surface area contributed by atoms with Gasteiger partial charge in [0.1, 0.15) is 5.82 Å². The molecule has 4 rings (SSSR count). The van der Waals surface area contributed by atoms with Crippen molar-refractivity contribution in [1.82, 2.24) is 14.5 Å². The maximum Gasteiger partial charge on any atom is 0.322 e. The molecule has 0 spiro atoms. The van der Waals surface area contributed by atoms with Gasteiger partial charge in [0.15, 0.2) is 0 Å². The van der Waals surface area contributed by atoms with E-state index in [9.17, 15) is 9.59 Å². The number of hydrogen-bond acceptors (Lipinski definition) is 3. The third-order valence-electron chi connectivity index (χ3n) is 7.15. The first-order valence-electron chi connectivity index (χ1n) is 13.4. The molecule has 0 fully saturated rings. The molecule has 6 heteroatoms. The van der Waals surface area contributed by atoms with E-state index >= 15 is 0 Å². The topological polar surface area (TPSA) is 67.2 Å². The summed E-state index contributed by atoms with van der Waals surface area (Å²) in [5, 5.41) is 3.72. The molecule has 0 radical (unpaired) electrons. The van der Waals surface area contributed by atoms with Gasteiger partial charge < -0.3 is 10.2 Å². The highest BCUT2D eigenvalue weighted by Crippen LogP contribution is 2.29. The number of para-hydroxylation sites is 2. The van der Waals surface area contributed by atoms with E-state index in [-0.39, 0.29) is 17.5 Å². The number of carbonyl (C=O) groups excluding carboxylic acids is 1. The third-order valence-corrected chi connectivity index (χ3v) is 7.15. The van der Waals surface area contributed by atoms with Gasteiger partial charge in [0.25, 0.3) is 5.56 Å². The lowest BCUT2D eigenvalue weighted by Crippen LogP contribution is -2.42. The molecule has 0 aliphatic rings. The van der Waals surface area contributed by atoms with Gasteiger partial charge in [-0.05, 0) is 86.6 Å². The van der Waals surface area contributed by atoms with Crippen molar-refractivity contribution in [3.05, 3.63) is 99.1 Å².